The summed E-state index contributed by atoms with van der Waals surface area (Å²) >= 11 is 0. The summed E-state index contributed by atoms with van der Waals surface area (Å²) in [5.74, 6) is 0.0415. The van der Waals surface area contributed by atoms with Gasteiger partial charge in [0.25, 0.3) is 0 Å². The van der Waals surface area contributed by atoms with Crippen LogP contribution in [0.2, 0.25) is 0 Å². The van der Waals surface area contributed by atoms with Gasteiger partial charge in [-0.25, -0.2) is 4.39 Å². The van der Waals surface area contributed by atoms with Crippen LogP contribution < -0.4 is 5.73 Å². The standard InChI is InChI=1S/C18H27FN2O/c1-2-3-4-11-21(13-14-5-8-16(19)9-6-14)18(22)15-7-10-17(20)12-15/h5-6,8-9,15,17H,2-4,7,10-13,20H2,1H3. The number of nitrogens with zero attached hydrogens (tertiary/aromatic N) is 1. The molecular weight excluding hydrogens is 279 g/mol. The molecule has 122 valence electrons. The fourth-order valence-electron chi connectivity index (χ4n) is 3.13. The van der Waals surface area contributed by atoms with E-state index in [-0.39, 0.29) is 23.7 Å². The molecule has 2 N–H and O–H groups in total. The minimum absolute atomic E-state index is 0.0667. The Kier molecular flexibility index (Phi) is 6.37. The summed E-state index contributed by atoms with van der Waals surface area (Å²) in [6.45, 7) is 3.49. The van der Waals surface area contributed by atoms with Gasteiger partial charge in [-0.05, 0) is 43.4 Å². The van der Waals surface area contributed by atoms with Gasteiger partial charge in [0.15, 0.2) is 0 Å². The number of carbonyl (C=O) groups excluding carboxylic acids is 1. The van der Waals surface area contributed by atoms with Crippen LogP contribution in [0.15, 0.2) is 24.3 Å². The highest BCUT2D eigenvalue weighted by Gasteiger charge is 2.30. The Morgan fingerprint density at radius 2 is 2.00 bits per heavy atom. The quantitative estimate of drug-likeness (QED) is 0.784. The number of hydrogen-bond acceptors (Lipinski definition) is 2. The molecule has 1 aliphatic rings. The van der Waals surface area contributed by atoms with E-state index in [1.165, 1.54) is 12.1 Å². The first-order chi connectivity index (χ1) is 10.6. The molecule has 0 spiro atoms. The maximum absolute atomic E-state index is 13.0. The van der Waals surface area contributed by atoms with Crippen LogP contribution in [-0.2, 0) is 11.3 Å². The van der Waals surface area contributed by atoms with E-state index in [4.69, 9.17) is 5.73 Å². The molecule has 0 heterocycles. The second-order valence-electron chi connectivity index (χ2n) is 6.36. The van der Waals surface area contributed by atoms with Gasteiger partial charge in [-0.2, -0.15) is 0 Å². The Bertz CT molecular complexity index is 474. The van der Waals surface area contributed by atoms with Crippen molar-refractivity contribution in [2.75, 3.05) is 6.54 Å². The van der Waals surface area contributed by atoms with Crippen LogP contribution in [-0.4, -0.2) is 23.4 Å². The summed E-state index contributed by atoms with van der Waals surface area (Å²) in [6.07, 6.45) is 5.91. The smallest absolute Gasteiger partial charge is 0.226 e. The molecular formula is C18H27FN2O. The average molecular weight is 306 g/mol. The first-order valence-corrected chi connectivity index (χ1v) is 8.39. The van der Waals surface area contributed by atoms with Crippen LogP contribution in [0, 0.1) is 11.7 Å². The summed E-state index contributed by atoms with van der Waals surface area (Å²) in [5.41, 5.74) is 6.92. The van der Waals surface area contributed by atoms with Crippen LogP contribution in [0.4, 0.5) is 4.39 Å². The van der Waals surface area contributed by atoms with E-state index >= 15 is 0 Å². The maximum atomic E-state index is 13.0. The van der Waals surface area contributed by atoms with Gasteiger partial charge in [0.2, 0.25) is 5.91 Å². The molecule has 2 rings (SSSR count). The third-order valence-corrected chi connectivity index (χ3v) is 4.45. The lowest BCUT2D eigenvalue weighted by atomic mass is 10.0. The molecule has 2 unspecified atom stereocenters. The van der Waals surface area contributed by atoms with Crippen molar-refractivity contribution >= 4 is 5.91 Å². The van der Waals surface area contributed by atoms with E-state index in [2.05, 4.69) is 6.92 Å². The number of benzene rings is 1. The van der Waals surface area contributed by atoms with Gasteiger partial charge < -0.3 is 10.6 Å². The SMILES string of the molecule is CCCCCN(Cc1ccc(F)cc1)C(=O)C1CCC(N)C1. The zero-order chi connectivity index (χ0) is 15.9. The maximum Gasteiger partial charge on any atom is 0.226 e. The minimum atomic E-state index is -0.241. The number of halogens is 1. The van der Waals surface area contributed by atoms with Gasteiger partial charge >= 0.3 is 0 Å². The molecule has 1 aromatic rings. The largest absolute Gasteiger partial charge is 0.338 e. The molecule has 22 heavy (non-hydrogen) atoms. The molecule has 0 aromatic heterocycles. The predicted octanol–water partition coefficient (Wildman–Crippen LogP) is 3.47. The fraction of sp³-hybridized carbons (Fsp3) is 0.611. The van der Waals surface area contributed by atoms with Gasteiger partial charge in [0, 0.05) is 25.0 Å². The lowest BCUT2D eigenvalue weighted by Gasteiger charge is -2.26. The Morgan fingerprint density at radius 3 is 2.59 bits per heavy atom. The molecule has 0 bridgehead atoms. The number of amides is 1. The van der Waals surface area contributed by atoms with Crippen LogP contribution in [0.1, 0.15) is 51.0 Å². The van der Waals surface area contributed by atoms with Crippen LogP contribution in [0.3, 0.4) is 0 Å². The molecule has 0 saturated heterocycles. The van der Waals surface area contributed by atoms with E-state index in [9.17, 15) is 9.18 Å². The second kappa shape index (κ2) is 8.28. The van der Waals surface area contributed by atoms with E-state index in [0.717, 1.165) is 50.6 Å². The highest BCUT2D eigenvalue weighted by atomic mass is 19.1. The molecule has 1 aliphatic carbocycles. The van der Waals surface area contributed by atoms with Crippen molar-refractivity contribution in [2.24, 2.45) is 11.7 Å². The van der Waals surface area contributed by atoms with Gasteiger partial charge in [-0.15, -0.1) is 0 Å². The topological polar surface area (TPSA) is 46.3 Å². The molecule has 3 nitrogen and oxygen atoms in total. The van der Waals surface area contributed by atoms with Crippen LogP contribution in [0.25, 0.3) is 0 Å². The van der Waals surface area contributed by atoms with Gasteiger partial charge in [0.1, 0.15) is 5.82 Å². The van der Waals surface area contributed by atoms with E-state index < -0.39 is 0 Å². The summed E-state index contributed by atoms with van der Waals surface area (Å²) in [6, 6.07) is 6.59. The van der Waals surface area contributed by atoms with Crippen molar-refractivity contribution in [3.63, 3.8) is 0 Å². The Hall–Kier alpha value is -1.42. The molecule has 0 radical (unpaired) electrons. The molecule has 1 amide bonds. The molecule has 1 aromatic carbocycles. The second-order valence-corrected chi connectivity index (χ2v) is 6.36. The molecule has 1 fully saturated rings. The number of nitrogens with two attached hydrogens (primary N) is 1. The highest BCUT2D eigenvalue weighted by molar-refractivity contribution is 5.79. The lowest BCUT2D eigenvalue weighted by Crippen LogP contribution is -2.36. The first-order valence-electron chi connectivity index (χ1n) is 8.39. The van der Waals surface area contributed by atoms with Crippen LogP contribution in [0.5, 0.6) is 0 Å². The molecule has 1 saturated carbocycles. The Labute approximate surface area is 132 Å². The van der Waals surface area contributed by atoms with E-state index in [1.807, 2.05) is 4.90 Å². The zero-order valence-corrected chi connectivity index (χ0v) is 13.4. The molecule has 4 heteroatoms. The Morgan fingerprint density at radius 1 is 1.27 bits per heavy atom. The zero-order valence-electron chi connectivity index (χ0n) is 13.4. The third-order valence-electron chi connectivity index (χ3n) is 4.45. The van der Waals surface area contributed by atoms with E-state index in [1.54, 1.807) is 12.1 Å². The van der Waals surface area contributed by atoms with Crippen molar-refractivity contribution < 1.29 is 9.18 Å². The highest BCUT2D eigenvalue weighted by Crippen LogP contribution is 2.27. The van der Waals surface area contributed by atoms with Crippen LogP contribution >= 0.6 is 0 Å². The number of rotatable bonds is 7. The lowest BCUT2D eigenvalue weighted by molar-refractivity contribution is -0.136. The molecule has 2 atom stereocenters. The van der Waals surface area contributed by atoms with Crippen molar-refractivity contribution in [1.82, 2.24) is 4.90 Å². The summed E-state index contributed by atoms with van der Waals surface area (Å²) < 4.78 is 13.0. The summed E-state index contributed by atoms with van der Waals surface area (Å²) in [7, 11) is 0. The molecule has 0 aliphatic heterocycles. The van der Waals surface area contributed by atoms with Gasteiger partial charge in [-0.1, -0.05) is 31.9 Å². The Balaban J connectivity index is 2.01. The summed E-state index contributed by atoms with van der Waals surface area (Å²) in [5, 5.41) is 0. The van der Waals surface area contributed by atoms with Gasteiger partial charge in [-0.3, -0.25) is 4.79 Å². The average Bonchev–Trinajstić information content (AvgIpc) is 2.94. The fourth-order valence-corrected chi connectivity index (χ4v) is 3.13. The van der Waals surface area contributed by atoms with Crippen molar-refractivity contribution in [3.8, 4) is 0 Å². The minimum Gasteiger partial charge on any atom is -0.338 e. The van der Waals surface area contributed by atoms with Crippen molar-refractivity contribution in [2.45, 2.75) is 58.0 Å². The number of carbonyl (C=O) groups is 1. The van der Waals surface area contributed by atoms with E-state index in [0.29, 0.717) is 6.54 Å². The normalized spacial score (nSPS) is 21.0. The first kappa shape index (κ1) is 16.9. The van der Waals surface area contributed by atoms with Crippen molar-refractivity contribution in [1.29, 1.82) is 0 Å². The van der Waals surface area contributed by atoms with Gasteiger partial charge in [0.05, 0.1) is 0 Å². The third kappa shape index (κ3) is 4.80. The monoisotopic (exact) mass is 306 g/mol. The number of hydrogen-bond donors (Lipinski definition) is 1. The summed E-state index contributed by atoms with van der Waals surface area (Å²) in [4.78, 5) is 14.7. The number of unbranched alkanes of at least 4 members (excludes halogenated alkanes) is 2. The van der Waals surface area contributed by atoms with Crippen molar-refractivity contribution in [3.05, 3.63) is 35.6 Å². The predicted molar refractivity (Wildman–Crippen MR) is 86.7 cm³/mol.